The molecule has 1 N–H and O–H groups in total. The molecule has 0 amide bonds. The van der Waals surface area contributed by atoms with Crippen LogP contribution in [-0.4, -0.2) is 22.8 Å². The van der Waals surface area contributed by atoms with E-state index >= 15 is 0 Å². The third-order valence-electron chi connectivity index (χ3n) is 4.70. The first-order valence-corrected chi connectivity index (χ1v) is 9.39. The molecule has 0 spiro atoms. The SMILES string of the molecule is CC(=O)C1=C(C)N(C)C(=S)NC1c1ccc(OCc2ccccc2Cl)cc1. The van der Waals surface area contributed by atoms with Gasteiger partial charge in [-0.15, -0.1) is 0 Å². The lowest BCUT2D eigenvalue weighted by atomic mass is 9.92. The van der Waals surface area contributed by atoms with E-state index in [2.05, 4.69) is 5.32 Å². The van der Waals surface area contributed by atoms with E-state index in [0.717, 1.165) is 28.1 Å². The molecule has 1 atom stereocenters. The van der Waals surface area contributed by atoms with Gasteiger partial charge in [-0.05, 0) is 49.8 Å². The zero-order valence-electron chi connectivity index (χ0n) is 15.5. The molecule has 27 heavy (non-hydrogen) atoms. The molecule has 0 fully saturated rings. The summed E-state index contributed by atoms with van der Waals surface area (Å²) < 4.78 is 5.83. The number of allylic oxidation sites excluding steroid dienone is 1. The Labute approximate surface area is 169 Å². The minimum absolute atomic E-state index is 0.0263. The number of Topliss-reactive ketones (excluding diaryl/α,β-unsaturated/α-hetero) is 1. The van der Waals surface area contributed by atoms with Gasteiger partial charge in [0, 0.05) is 28.9 Å². The van der Waals surface area contributed by atoms with Crippen molar-refractivity contribution in [2.75, 3.05) is 7.05 Å². The van der Waals surface area contributed by atoms with Crippen molar-refractivity contribution in [3.05, 3.63) is 76.0 Å². The summed E-state index contributed by atoms with van der Waals surface area (Å²) in [5.74, 6) is 0.762. The van der Waals surface area contributed by atoms with Gasteiger partial charge in [-0.2, -0.15) is 0 Å². The Morgan fingerprint density at radius 2 is 1.89 bits per heavy atom. The summed E-state index contributed by atoms with van der Waals surface area (Å²) >= 11 is 11.5. The molecule has 0 saturated heterocycles. The Morgan fingerprint density at radius 1 is 1.22 bits per heavy atom. The minimum atomic E-state index is -0.260. The number of carbonyl (C=O) groups is 1. The van der Waals surface area contributed by atoms with Crippen LogP contribution in [0.1, 0.15) is 31.0 Å². The second kappa shape index (κ2) is 8.11. The van der Waals surface area contributed by atoms with Crippen LogP contribution in [0.5, 0.6) is 5.75 Å². The van der Waals surface area contributed by atoms with Crippen molar-refractivity contribution in [3.63, 3.8) is 0 Å². The predicted molar refractivity (Wildman–Crippen MR) is 112 cm³/mol. The van der Waals surface area contributed by atoms with E-state index in [9.17, 15) is 4.79 Å². The number of nitrogens with zero attached hydrogens (tertiary/aromatic N) is 1. The van der Waals surface area contributed by atoms with Crippen LogP contribution in [0.3, 0.4) is 0 Å². The number of ether oxygens (including phenoxy) is 1. The Morgan fingerprint density at radius 3 is 2.52 bits per heavy atom. The molecule has 1 unspecified atom stereocenters. The number of halogens is 1. The van der Waals surface area contributed by atoms with Crippen molar-refractivity contribution in [1.29, 1.82) is 0 Å². The average Bonchev–Trinajstić information content (AvgIpc) is 2.65. The predicted octanol–water partition coefficient (Wildman–Crippen LogP) is 4.64. The van der Waals surface area contributed by atoms with Gasteiger partial charge in [-0.3, -0.25) is 4.79 Å². The summed E-state index contributed by atoms with van der Waals surface area (Å²) in [5, 5.41) is 4.53. The van der Waals surface area contributed by atoms with Crippen LogP contribution >= 0.6 is 23.8 Å². The molecule has 0 radical (unpaired) electrons. The number of ketones is 1. The second-order valence-electron chi connectivity index (χ2n) is 6.45. The van der Waals surface area contributed by atoms with Crippen LogP contribution in [-0.2, 0) is 11.4 Å². The first-order chi connectivity index (χ1) is 12.9. The molecule has 0 aromatic heterocycles. The van der Waals surface area contributed by atoms with Crippen molar-refractivity contribution in [2.24, 2.45) is 0 Å². The lowest BCUT2D eigenvalue weighted by molar-refractivity contribution is -0.114. The largest absolute Gasteiger partial charge is 0.489 e. The maximum absolute atomic E-state index is 12.2. The second-order valence-corrected chi connectivity index (χ2v) is 7.24. The highest BCUT2D eigenvalue weighted by molar-refractivity contribution is 7.80. The van der Waals surface area contributed by atoms with Crippen LogP contribution in [0.2, 0.25) is 5.02 Å². The van der Waals surface area contributed by atoms with Gasteiger partial charge >= 0.3 is 0 Å². The van der Waals surface area contributed by atoms with Crippen molar-refractivity contribution in [3.8, 4) is 5.75 Å². The first kappa shape index (κ1) is 19.4. The van der Waals surface area contributed by atoms with Crippen molar-refractivity contribution >= 4 is 34.7 Å². The zero-order valence-corrected chi connectivity index (χ0v) is 17.0. The molecular formula is C21H21ClN2O2S. The van der Waals surface area contributed by atoms with Gasteiger partial charge in [0.05, 0.1) is 6.04 Å². The van der Waals surface area contributed by atoms with Crippen LogP contribution in [0, 0.1) is 0 Å². The number of nitrogens with one attached hydrogen (secondary N) is 1. The van der Waals surface area contributed by atoms with E-state index in [1.807, 2.05) is 67.4 Å². The molecule has 3 rings (SSSR count). The normalized spacial score (nSPS) is 17.0. The van der Waals surface area contributed by atoms with Gasteiger partial charge in [-0.1, -0.05) is 41.9 Å². The van der Waals surface area contributed by atoms with Gasteiger partial charge < -0.3 is 15.0 Å². The van der Waals surface area contributed by atoms with Gasteiger partial charge in [0.25, 0.3) is 0 Å². The summed E-state index contributed by atoms with van der Waals surface area (Å²) in [4.78, 5) is 14.0. The summed E-state index contributed by atoms with van der Waals surface area (Å²) in [6.07, 6.45) is 0. The summed E-state index contributed by atoms with van der Waals surface area (Å²) in [7, 11) is 1.86. The van der Waals surface area contributed by atoms with Crippen LogP contribution < -0.4 is 10.1 Å². The number of hydrogen-bond acceptors (Lipinski definition) is 3. The number of benzene rings is 2. The molecule has 1 heterocycles. The fourth-order valence-corrected chi connectivity index (χ4v) is 3.52. The van der Waals surface area contributed by atoms with E-state index in [4.69, 9.17) is 28.6 Å². The third kappa shape index (κ3) is 4.15. The summed E-state index contributed by atoms with van der Waals surface area (Å²) in [6.45, 7) is 3.89. The minimum Gasteiger partial charge on any atom is -0.489 e. The smallest absolute Gasteiger partial charge is 0.173 e. The first-order valence-electron chi connectivity index (χ1n) is 8.60. The van der Waals surface area contributed by atoms with E-state index in [1.165, 1.54) is 0 Å². The lowest BCUT2D eigenvalue weighted by Crippen LogP contribution is -2.45. The molecule has 4 nitrogen and oxygen atoms in total. The summed E-state index contributed by atoms with van der Waals surface area (Å²) in [6, 6.07) is 15.0. The van der Waals surface area contributed by atoms with Gasteiger partial charge in [0.1, 0.15) is 12.4 Å². The number of thiocarbonyl (C=S) groups is 1. The Balaban J connectivity index is 1.79. The van der Waals surface area contributed by atoms with E-state index in [-0.39, 0.29) is 11.8 Å². The maximum Gasteiger partial charge on any atom is 0.173 e. The highest BCUT2D eigenvalue weighted by Gasteiger charge is 2.30. The van der Waals surface area contributed by atoms with Crippen molar-refractivity contribution in [1.82, 2.24) is 10.2 Å². The molecule has 0 saturated carbocycles. The highest BCUT2D eigenvalue weighted by atomic mass is 35.5. The number of carbonyl (C=O) groups excluding carboxylic acids is 1. The highest BCUT2D eigenvalue weighted by Crippen LogP contribution is 2.31. The van der Waals surface area contributed by atoms with Crippen molar-refractivity contribution < 1.29 is 9.53 Å². The van der Waals surface area contributed by atoms with E-state index in [0.29, 0.717) is 16.7 Å². The van der Waals surface area contributed by atoms with Gasteiger partial charge in [0.2, 0.25) is 0 Å². The fourth-order valence-electron chi connectivity index (χ4n) is 3.08. The Hall–Kier alpha value is -2.37. The fraction of sp³-hybridized carbons (Fsp3) is 0.238. The number of rotatable bonds is 5. The van der Waals surface area contributed by atoms with Crippen molar-refractivity contribution in [2.45, 2.75) is 26.5 Å². The maximum atomic E-state index is 12.2. The Kier molecular flexibility index (Phi) is 5.82. The van der Waals surface area contributed by atoms with Gasteiger partial charge in [0.15, 0.2) is 10.9 Å². The Bertz CT molecular complexity index is 909. The van der Waals surface area contributed by atoms with Gasteiger partial charge in [-0.25, -0.2) is 0 Å². The molecule has 2 aromatic carbocycles. The molecular weight excluding hydrogens is 380 g/mol. The molecule has 1 aliphatic rings. The molecule has 6 heteroatoms. The van der Waals surface area contributed by atoms with E-state index in [1.54, 1.807) is 6.92 Å². The monoisotopic (exact) mass is 400 g/mol. The molecule has 2 aromatic rings. The standard InChI is InChI=1S/C21H21ClN2O2S/c1-13-19(14(2)25)20(23-21(27)24(13)3)15-8-10-17(11-9-15)26-12-16-6-4-5-7-18(16)22/h4-11,20H,12H2,1-3H3,(H,23,27). The molecule has 0 aliphatic carbocycles. The van der Waals surface area contributed by atoms with E-state index < -0.39 is 0 Å². The molecule has 1 aliphatic heterocycles. The van der Waals surface area contributed by atoms with Crippen LogP contribution in [0.25, 0.3) is 0 Å². The molecule has 140 valence electrons. The topological polar surface area (TPSA) is 41.6 Å². The number of hydrogen-bond donors (Lipinski definition) is 1. The molecule has 0 bridgehead atoms. The third-order valence-corrected chi connectivity index (χ3v) is 5.46. The lowest BCUT2D eigenvalue weighted by Gasteiger charge is -2.35. The van der Waals surface area contributed by atoms with Crippen LogP contribution in [0.15, 0.2) is 59.8 Å². The van der Waals surface area contributed by atoms with Crippen LogP contribution in [0.4, 0.5) is 0 Å². The summed E-state index contributed by atoms with van der Waals surface area (Å²) in [5.41, 5.74) is 3.48. The average molecular weight is 401 g/mol. The zero-order chi connectivity index (χ0) is 19.6. The quantitative estimate of drug-likeness (QED) is 0.740.